The predicted octanol–water partition coefficient (Wildman–Crippen LogP) is 3.67. The first-order chi connectivity index (χ1) is 8.09. The van der Waals surface area contributed by atoms with Crippen LogP contribution in [0, 0.1) is 6.92 Å². The van der Waals surface area contributed by atoms with Crippen molar-refractivity contribution in [2.75, 3.05) is 6.61 Å². The van der Waals surface area contributed by atoms with Gasteiger partial charge in [0.1, 0.15) is 5.75 Å². The van der Waals surface area contributed by atoms with E-state index in [1.807, 2.05) is 25.1 Å². The van der Waals surface area contributed by atoms with Crippen LogP contribution in [0.1, 0.15) is 31.2 Å². The zero-order valence-corrected chi connectivity index (χ0v) is 10.7. The van der Waals surface area contributed by atoms with Crippen LogP contribution in [0.15, 0.2) is 18.2 Å². The summed E-state index contributed by atoms with van der Waals surface area (Å²) in [6.07, 6.45) is 2.62. The molecular formula is C13H17ClO3. The third kappa shape index (κ3) is 5.59. The van der Waals surface area contributed by atoms with Crippen LogP contribution in [0.3, 0.4) is 0 Å². The SMILES string of the molecule is Cc1ccc(Cl)c(OCCCCCC(=O)O)c1. The second-order valence-electron chi connectivity index (χ2n) is 3.99. The summed E-state index contributed by atoms with van der Waals surface area (Å²) in [5.41, 5.74) is 1.11. The molecule has 0 aliphatic rings. The molecule has 0 aliphatic carbocycles. The van der Waals surface area contributed by atoms with E-state index in [-0.39, 0.29) is 6.42 Å². The Morgan fingerprint density at radius 1 is 1.35 bits per heavy atom. The lowest BCUT2D eigenvalue weighted by molar-refractivity contribution is -0.137. The Balaban J connectivity index is 2.22. The summed E-state index contributed by atoms with van der Waals surface area (Å²) in [7, 11) is 0. The summed E-state index contributed by atoms with van der Waals surface area (Å²) in [5, 5.41) is 9.08. The van der Waals surface area contributed by atoms with Gasteiger partial charge in [-0.1, -0.05) is 17.7 Å². The van der Waals surface area contributed by atoms with Gasteiger partial charge >= 0.3 is 5.97 Å². The van der Waals surface area contributed by atoms with E-state index >= 15 is 0 Å². The standard InChI is InChI=1S/C13H17ClO3/c1-10-6-7-11(14)12(9-10)17-8-4-2-3-5-13(15)16/h6-7,9H,2-5,8H2,1H3,(H,15,16). The normalized spacial score (nSPS) is 10.2. The molecule has 1 rings (SSSR count). The van der Waals surface area contributed by atoms with Crippen LogP contribution in [0.25, 0.3) is 0 Å². The zero-order chi connectivity index (χ0) is 12.7. The number of unbranched alkanes of at least 4 members (excludes halogenated alkanes) is 2. The molecular weight excluding hydrogens is 240 g/mol. The van der Waals surface area contributed by atoms with Crippen LogP contribution in [-0.4, -0.2) is 17.7 Å². The number of aryl methyl sites for hydroxylation is 1. The maximum atomic E-state index is 10.3. The smallest absolute Gasteiger partial charge is 0.303 e. The highest BCUT2D eigenvalue weighted by Crippen LogP contribution is 2.25. The predicted molar refractivity (Wildman–Crippen MR) is 67.8 cm³/mol. The summed E-state index contributed by atoms with van der Waals surface area (Å²) < 4.78 is 5.55. The van der Waals surface area contributed by atoms with Crippen molar-refractivity contribution in [1.29, 1.82) is 0 Å². The Morgan fingerprint density at radius 3 is 2.82 bits per heavy atom. The monoisotopic (exact) mass is 256 g/mol. The molecule has 0 spiro atoms. The highest BCUT2D eigenvalue weighted by atomic mass is 35.5. The Hall–Kier alpha value is -1.22. The lowest BCUT2D eigenvalue weighted by atomic mass is 10.2. The van der Waals surface area contributed by atoms with Crippen molar-refractivity contribution in [3.63, 3.8) is 0 Å². The number of carboxylic acid groups (broad SMARTS) is 1. The number of ether oxygens (including phenoxy) is 1. The number of carbonyl (C=O) groups is 1. The quantitative estimate of drug-likeness (QED) is 0.757. The minimum Gasteiger partial charge on any atom is -0.492 e. The molecule has 1 aromatic carbocycles. The van der Waals surface area contributed by atoms with Crippen LogP contribution in [0.4, 0.5) is 0 Å². The Labute approximate surface area is 106 Å². The molecule has 0 bridgehead atoms. The van der Waals surface area contributed by atoms with E-state index in [9.17, 15) is 4.79 Å². The first kappa shape index (κ1) is 13.8. The lowest BCUT2D eigenvalue weighted by Gasteiger charge is -2.08. The van der Waals surface area contributed by atoms with Gasteiger partial charge in [0, 0.05) is 6.42 Å². The molecule has 0 aromatic heterocycles. The average molecular weight is 257 g/mol. The van der Waals surface area contributed by atoms with Gasteiger partial charge < -0.3 is 9.84 Å². The van der Waals surface area contributed by atoms with Crippen molar-refractivity contribution in [3.05, 3.63) is 28.8 Å². The topological polar surface area (TPSA) is 46.5 Å². The van der Waals surface area contributed by atoms with Crippen molar-refractivity contribution in [1.82, 2.24) is 0 Å². The van der Waals surface area contributed by atoms with Crippen LogP contribution in [-0.2, 0) is 4.79 Å². The van der Waals surface area contributed by atoms with E-state index in [0.29, 0.717) is 23.8 Å². The van der Waals surface area contributed by atoms with E-state index in [2.05, 4.69) is 0 Å². The Kier molecular flexibility index (Phi) is 5.84. The molecule has 0 saturated heterocycles. The molecule has 0 aliphatic heterocycles. The van der Waals surface area contributed by atoms with Gasteiger partial charge in [-0.25, -0.2) is 0 Å². The fraction of sp³-hybridized carbons (Fsp3) is 0.462. The van der Waals surface area contributed by atoms with Crippen LogP contribution >= 0.6 is 11.6 Å². The molecule has 0 radical (unpaired) electrons. The molecule has 0 saturated carbocycles. The van der Waals surface area contributed by atoms with Crippen molar-refractivity contribution < 1.29 is 14.6 Å². The number of hydrogen-bond donors (Lipinski definition) is 1. The largest absolute Gasteiger partial charge is 0.492 e. The highest BCUT2D eigenvalue weighted by molar-refractivity contribution is 6.32. The fourth-order valence-electron chi connectivity index (χ4n) is 1.46. The summed E-state index contributed by atoms with van der Waals surface area (Å²) >= 11 is 5.98. The summed E-state index contributed by atoms with van der Waals surface area (Å²) in [6, 6.07) is 5.65. The van der Waals surface area contributed by atoms with Gasteiger partial charge in [-0.2, -0.15) is 0 Å². The van der Waals surface area contributed by atoms with Gasteiger partial charge in [0.15, 0.2) is 0 Å². The molecule has 1 N–H and O–H groups in total. The first-order valence-electron chi connectivity index (χ1n) is 5.70. The van der Waals surface area contributed by atoms with Crippen molar-refractivity contribution in [2.24, 2.45) is 0 Å². The number of halogens is 1. The van der Waals surface area contributed by atoms with Crippen molar-refractivity contribution >= 4 is 17.6 Å². The highest BCUT2D eigenvalue weighted by Gasteiger charge is 2.01. The number of hydrogen-bond acceptors (Lipinski definition) is 2. The van der Waals surface area contributed by atoms with Crippen LogP contribution < -0.4 is 4.74 Å². The Bertz CT molecular complexity index is 377. The van der Waals surface area contributed by atoms with Crippen molar-refractivity contribution in [3.8, 4) is 5.75 Å². The number of carboxylic acids is 1. The van der Waals surface area contributed by atoms with Gasteiger partial charge in [0.2, 0.25) is 0 Å². The van der Waals surface area contributed by atoms with Gasteiger partial charge in [-0.05, 0) is 43.9 Å². The zero-order valence-electron chi connectivity index (χ0n) is 9.91. The summed E-state index contributed by atoms with van der Waals surface area (Å²) in [4.78, 5) is 10.3. The van der Waals surface area contributed by atoms with Gasteiger partial charge in [-0.3, -0.25) is 4.79 Å². The third-order valence-electron chi connectivity index (χ3n) is 2.38. The van der Waals surface area contributed by atoms with E-state index < -0.39 is 5.97 Å². The van der Waals surface area contributed by atoms with Gasteiger partial charge in [0.25, 0.3) is 0 Å². The number of aliphatic carboxylic acids is 1. The summed E-state index contributed by atoms with van der Waals surface area (Å²) in [6.45, 7) is 2.55. The maximum Gasteiger partial charge on any atom is 0.303 e. The molecule has 0 heterocycles. The number of rotatable bonds is 7. The first-order valence-corrected chi connectivity index (χ1v) is 6.08. The average Bonchev–Trinajstić information content (AvgIpc) is 2.27. The molecule has 0 unspecified atom stereocenters. The van der Waals surface area contributed by atoms with E-state index in [1.54, 1.807) is 0 Å². The minimum atomic E-state index is -0.743. The molecule has 94 valence electrons. The van der Waals surface area contributed by atoms with Crippen molar-refractivity contribution in [2.45, 2.75) is 32.6 Å². The minimum absolute atomic E-state index is 0.227. The van der Waals surface area contributed by atoms with E-state index in [1.165, 1.54) is 0 Å². The van der Waals surface area contributed by atoms with Crippen LogP contribution in [0.2, 0.25) is 5.02 Å². The van der Waals surface area contributed by atoms with E-state index in [4.69, 9.17) is 21.4 Å². The molecule has 0 fully saturated rings. The molecule has 1 aromatic rings. The maximum absolute atomic E-state index is 10.3. The van der Waals surface area contributed by atoms with Gasteiger partial charge in [0.05, 0.1) is 11.6 Å². The molecule has 17 heavy (non-hydrogen) atoms. The summed E-state index contributed by atoms with van der Waals surface area (Å²) in [5.74, 6) is -0.0439. The Morgan fingerprint density at radius 2 is 2.12 bits per heavy atom. The molecule has 4 heteroatoms. The van der Waals surface area contributed by atoms with Gasteiger partial charge in [-0.15, -0.1) is 0 Å². The lowest BCUT2D eigenvalue weighted by Crippen LogP contribution is -1.99. The second-order valence-corrected chi connectivity index (χ2v) is 4.39. The molecule has 0 atom stereocenters. The number of benzene rings is 1. The third-order valence-corrected chi connectivity index (χ3v) is 2.69. The molecule has 0 amide bonds. The van der Waals surface area contributed by atoms with Crippen LogP contribution in [0.5, 0.6) is 5.75 Å². The second kappa shape index (κ2) is 7.17. The fourth-order valence-corrected chi connectivity index (χ4v) is 1.63. The molecule has 3 nitrogen and oxygen atoms in total. The van der Waals surface area contributed by atoms with E-state index in [0.717, 1.165) is 18.4 Å².